The molecule has 1 aliphatic carbocycles. The Morgan fingerprint density at radius 2 is 2.15 bits per heavy atom. The number of rotatable bonds is 6. The molecule has 2 aliphatic heterocycles. The van der Waals surface area contributed by atoms with Crippen molar-refractivity contribution in [2.75, 3.05) is 31.1 Å². The fourth-order valence-corrected chi connectivity index (χ4v) is 5.61. The van der Waals surface area contributed by atoms with E-state index in [0.29, 0.717) is 13.2 Å². The number of carbonyl (C=O) groups is 1. The first-order valence-electron chi connectivity index (χ1n) is 12.0. The van der Waals surface area contributed by atoms with Crippen LogP contribution in [0, 0.1) is 0 Å². The highest BCUT2D eigenvalue weighted by molar-refractivity contribution is 5.83. The van der Waals surface area contributed by atoms with E-state index >= 15 is 0 Å². The number of hydrogen-bond donors (Lipinski definition) is 2. The molecule has 1 aromatic carbocycles. The molecule has 4 heterocycles. The molecule has 0 spiro atoms. The van der Waals surface area contributed by atoms with Crippen LogP contribution in [-0.4, -0.2) is 74.6 Å². The molecule has 3 atom stereocenters. The molecular weight excluding hydrogens is 432 g/mol. The van der Waals surface area contributed by atoms with Crippen molar-refractivity contribution >= 4 is 23.3 Å². The van der Waals surface area contributed by atoms with Crippen molar-refractivity contribution in [3.8, 4) is 5.75 Å². The summed E-state index contributed by atoms with van der Waals surface area (Å²) in [6.07, 6.45) is 9.56. The average Bonchev–Trinajstić information content (AvgIpc) is 3.62. The second-order valence-electron chi connectivity index (χ2n) is 9.26. The SMILES string of the molecule is O=CC1C(N2CCC(O)C2)=CCc2cccc(OC[C@H]3CCCN3c3ncnc4[nH]cnc34)c21. The van der Waals surface area contributed by atoms with E-state index in [0.717, 1.165) is 84.6 Å². The molecule has 6 rings (SSSR count). The number of H-pyrrole nitrogens is 1. The standard InChI is InChI=1S/C25H28N6O3/c32-12-19-20(30-10-8-18(33)11-30)7-6-16-3-1-5-21(22(16)19)34-13-17-4-2-9-31(17)25-23-24(27-14-26-23)28-15-29-25/h1,3,5,7,12,14-15,17-19,33H,2,4,6,8-11,13H2,(H,26,27,28,29)/t17-,18?,19?/m1/s1. The fourth-order valence-electron chi connectivity index (χ4n) is 5.61. The number of carbonyl (C=O) groups excluding carboxylic acids is 1. The van der Waals surface area contributed by atoms with Crippen LogP contribution in [0.5, 0.6) is 5.75 Å². The quantitative estimate of drug-likeness (QED) is 0.539. The van der Waals surface area contributed by atoms with Gasteiger partial charge in [0.15, 0.2) is 11.5 Å². The van der Waals surface area contributed by atoms with Crippen molar-refractivity contribution in [3.63, 3.8) is 0 Å². The Morgan fingerprint density at radius 3 is 3.00 bits per heavy atom. The van der Waals surface area contributed by atoms with Crippen molar-refractivity contribution in [2.45, 2.75) is 43.7 Å². The number of aliphatic hydroxyl groups excluding tert-OH is 1. The summed E-state index contributed by atoms with van der Waals surface area (Å²) in [6.45, 7) is 2.74. The number of ether oxygens (including phenoxy) is 1. The van der Waals surface area contributed by atoms with E-state index in [2.05, 4.69) is 41.9 Å². The summed E-state index contributed by atoms with van der Waals surface area (Å²) < 4.78 is 6.43. The number of likely N-dealkylation sites (tertiary alicyclic amines) is 1. The molecule has 3 aliphatic rings. The monoisotopic (exact) mass is 460 g/mol. The molecule has 0 saturated carbocycles. The van der Waals surface area contributed by atoms with Crippen molar-refractivity contribution in [1.82, 2.24) is 24.8 Å². The Kier molecular flexibility index (Phi) is 5.41. The summed E-state index contributed by atoms with van der Waals surface area (Å²) >= 11 is 0. The minimum atomic E-state index is -0.379. The van der Waals surface area contributed by atoms with Gasteiger partial charge in [0.25, 0.3) is 0 Å². The van der Waals surface area contributed by atoms with E-state index in [9.17, 15) is 9.90 Å². The Bertz CT molecular complexity index is 1240. The Labute approximate surface area is 197 Å². The van der Waals surface area contributed by atoms with Crippen LogP contribution in [0.4, 0.5) is 5.82 Å². The number of aldehydes is 1. The number of nitrogens with one attached hydrogen (secondary N) is 1. The van der Waals surface area contributed by atoms with Gasteiger partial charge >= 0.3 is 0 Å². The fraction of sp³-hybridized carbons (Fsp3) is 0.440. The molecule has 3 aromatic rings. The Morgan fingerprint density at radius 1 is 1.21 bits per heavy atom. The molecule has 9 heteroatoms. The van der Waals surface area contributed by atoms with Gasteiger partial charge < -0.3 is 29.4 Å². The number of aromatic amines is 1. The number of nitrogens with zero attached hydrogens (tertiary/aromatic N) is 5. The molecule has 2 N–H and O–H groups in total. The number of imidazole rings is 1. The molecule has 2 aromatic heterocycles. The summed E-state index contributed by atoms with van der Waals surface area (Å²) in [4.78, 5) is 33.0. The van der Waals surface area contributed by atoms with Gasteiger partial charge in [-0.05, 0) is 37.3 Å². The molecule has 2 saturated heterocycles. The highest BCUT2D eigenvalue weighted by Crippen LogP contribution is 2.40. The van der Waals surface area contributed by atoms with E-state index in [-0.39, 0.29) is 18.1 Å². The molecule has 9 nitrogen and oxygen atoms in total. The first kappa shape index (κ1) is 21.1. The van der Waals surface area contributed by atoms with Gasteiger partial charge in [-0.2, -0.15) is 0 Å². The average molecular weight is 461 g/mol. The van der Waals surface area contributed by atoms with Gasteiger partial charge in [0.05, 0.1) is 24.4 Å². The zero-order valence-corrected chi connectivity index (χ0v) is 18.9. The summed E-state index contributed by atoms with van der Waals surface area (Å²) in [5.74, 6) is 1.21. The number of fused-ring (bicyclic) bond motifs is 2. The zero-order chi connectivity index (χ0) is 23.1. The highest BCUT2D eigenvalue weighted by atomic mass is 16.5. The van der Waals surface area contributed by atoms with E-state index in [1.165, 1.54) is 0 Å². The number of allylic oxidation sites excluding steroid dienone is 2. The van der Waals surface area contributed by atoms with E-state index in [4.69, 9.17) is 4.74 Å². The van der Waals surface area contributed by atoms with Crippen LogP contribution >= 0.6 is 0 Å². The summed E-state index contributed by atoms with van der Waals surface area (Å²) in [5.41, 5.74) is 4.57. The van der Waals surface area contributed by atoms with E-state index in [1.807, 2.05) is 12.1 Å². The van der Waals surface area contributed by atoms with Gasteiger partial charge in [0.2, 0.25) is 0 Å². The lowest BCUT2D eigenvalue weighted by Gasteiger charge is -2.32. The molecule has 176 valence electrons. The van der Waals surface area contributed by atoms with Gasteiger partial charge in [-0.1, -0.05) is 18.2 Å². The Balaban J connectivity index is 1.24. The van der Waals surface area contributed by atoms with E-state index < -0.39 is 0 Å². The smallest absolute Gasteiger partial charge is 0.162 e. The number of benzene rings is 1. The predicted molar refractivity (Wildman–Crippen MR) is 127 cm³/mol. The maximum atomic E-state index is 12.3. The van der Waals surface area contributed by atoms with Gasteiger partial charge in [-0.3, -0.25) is 0 Å². The summed E-state index contributed by atoms with van der Waals surface area (Å²) in [6, 6.07) is 6.20. The lowest BCUT2D eigenvalue weighted by atomic mass is 9.85. The second kappa shape index (κ2) is 8.72. The van der Waals surface area contributed by atoms with Crippen LogP contribution in [0.1, 0.15) is 36.3 Å². The van der Waals surface area contributed by atoms with Gasteiger partial charge in [-0.25, -0.2) is 15.0 Å². The molecule has 0 amide bonds. The summed E-state index contributed by atoms with van der Waals surface area (Å²) in [7, 11) is 0. The lowest BCUT2D eigenvalue weighted by Crippen LogP contribution is -2.35. The Hall–Kier alpha value is -3.46. The number of aliphatic hydroxyl groups is 1. The minimum Gasteiger partial charge on any atom is -0.491 e. The molecule has 2 fully saturated rings. The molecule has 34 heavy (non-hydrogen) atoms. The lowest BCUT2D eigenvalue weighted by molar-refractivity contribution is -0.108. The van der Waals surface area contributed by atoms with Crippen molar-refractivity contribution < 1.29 is 14.6 Å². The molecule has 0 bridgehead atoms. The van der Waals surface area contributed by atoms with Gasteiger partial charge in [0.1, 0.15) is 30.5 Å². The van der Waals surface area contributed by atoms with Crippen LogP contribution in [0.2, 0.25) is 0 Å². The van der Waals surface area contributed by atoms with Crippen molar-refractivity contribution in [3.05, 3.63) is 53.8 Å². The number of anilines is 1. The molecule has 2 unspecified atom stereocenters. The van der Waals surface area contributed by atoms with Crippen LogP contribution < -0.4 is 9.64 Å². The van der Waals surface area contributed by atoms with Crippen LogP contribution in [0.3, 0.4) is 0 Å². The maximum Gasteiger partial charge on any atom is 0.162 e. The molecule has 0 radical (unpaired) electrons. The number of hydrogen-bond acceptors (Lipinski definition) is 8. The topological polar surface area (TPSA) is 107 Å². The highest BCUT2D eigenvalue weighted by Gasteiger charge is 2.34. The second-order valence-corrected chi connectivity index (χ2v) is 9.26. The molecular formula is C25H28N6O3. The number of β-amino-alcohol motifs (C(OH)–C–C–N with tert-alkyl or cyclic N) is 1. The van der Waals surface area contributed by atoms with Crippen molar-refractivity contribution in [2.24, 2.45) is 0 Å². The maximum absolute atomic E-state index is 12.3. The minimum absolute atomic E-state index is 0.160. The van der Waals surface area contributed by atoms with E-state index in [1.54, 1.807) is 12.7 Å². The van der Waals surface area contributed by atoms with Crippen LogP contribution in [-0.2, 0) is 11.2 Å². The van der Waals surface area contributed by atoms with Crippen molar-refractivity contribution in [1.29, 1.82) is 0 Å². The third kappa shape index (κ3) is 3.60. The number of aromatic nitrogens is 4. The third-order valence-electron chi connectivity index (χ3n) is 7.26. The van der Waals surface area contributed by atoms with Gasteiger partial charge in [-0.15, -0.1) is 0 Å². The normalized spacial score (nSPS) is 24.4. The van der Waals surface area contributed by atoms with Crippen LogP contribution in [0.15, 0.2) is 42.6 Å². The summed E-state index contributed by atoms with van der Waals surface area (Å²) in [5, 5.41) is 10.0. The first-order valence-corrected chi connectivity index (χ1v) is 12.0. The first-order chi connectivity index (χ1) is 16.7. The zero-order valence-electron chi connectivity index (χ0n) is 18.9. The van der Waals surface area contributed by atoms with Crippen LogP contribution in [0.25, 0.3) is 11.2 Å². The third-order valence-corrected chi connectivity index (χ3v) is 7.26. The van der Waals surface area contributed by atoms with Gasteiger partial charge in [0, 0.05) is 30.9 Å². The largest absolute Gasteiger partial charge is 0.491 e. The predicted octanol–water partition coefficient (Wildman–Crippen LogP) is 2.19.